The highest BCUT2D eigenvalue weighted by atomic mass is 35.5. The molecule has 2 aliphatic rings. The van der Waals surface area contributed by atoms with Gasteiger partial charge in [0.25, 0.3) is 5.91 Å². The number of carbonyl (C=O) groups is 3. The second-order valence-electron chi connectivity index (χ2n) is 8.70. The van der Waals surface area contributed by atoms with Crippen LogP contribution >= 0.6 is 11.6 Å². The van der Waals surface area contributed by atoms with Gasteiger partial charge in [0.1, 0.15) is 12.1 Å². The Hall–Kier alpha value is -3.64. The molecule has 6 nitrogen and oxygen atoms in total. The third kappa shape index (κ3) is 3.94. The van der Waals surface area contributed by atoms with Gasteiger partial charge >= 0.3 is 6.03 Å². The molecule has 2 atom stereocenters. The van der Waals surface area contributed by atoms with E-state index < -0.39 is 23.5 Å². The van der Waals surface area contributed by atoms with Crippen molar-refractivity contribution in [1.29, 1.82) is 0 Å². The quantitative estimate of drug-likeness (QED) is 0.541. The summed E-state index contributed by atoms with van der Waals surface area (Å²) in [4.78, 5) is 40.5. The molecule has 1 fully saturated rings. The number of rotatable bonds is 5. The number of hydrogen-bond donors (Lipinski definition) is 2. The van der Waals surface area contributed by atoms with Crippen LogP contribution in [0.1, 0.15) is 41.1 Å². The Morgan fingerprint density at radius 3 is 2.41 bits per heavy atom. The molecule has 0 aromatic heterocycles. The van der Waals surface area contributed by atoms with Gasteiger partial charge in [-0.25, -0.2) is 4.79 Å². The molecule has 1 spiro atoms. The minimum absolute atomic E-state index is 0.356. The van der Waals surface area contributed by atoms with E-state index in [2.05, 4.69) is 10.6 Å². The molecule has 172 valence electrons. The van der Waals surface area contributed by atoms with Crippen LogP contribution in [0.3, 0.4) is 0 Å². The topological polar surface area (TPSA) is 78.5 Å². The predicted octanol–water partition coefficient (Wildman–Crippen LogP) is 4.33. The Balaban J connectivity index is 1.38. The molecule has 3 aromatic rings. The van der Waals surface area contributed by atoms with Gasteiger partial charge in [0.2, 0.25) is 5.91 Å². The third-order valence-electron chi connectivity index (χ3n) is 6.59. The van der Waals surface area contributed by atoms with Gasteiger partial charge in [-0.1, -0.05) is 78.3 Å². The Labute approximate surface area is 202 Å². The van der Waals surface area contributed by atoms with Crippen LogP contribution in [0.2, 0.25) is 5.02 Å². The molecule has 34 heavy (non-hydrogen) atoms. The number of nitrogens with zero attached hydrogens (tertiary/aromatic N) is 1. The van der Waals surface area contributed by atoms with Crippen molar-refractivity contribution >= 4 is 29.4 Å². The summed E-state index contributed by atoms with van der Waals surface area (Å²) in [5.41, 5.74) is 2.51. The summed E-state index contributed by atoms with van der Waals surface area (Å²) in [7, 11) is 0. The fraction of sp³-hybridized carbons (Fsp3) is 0.222. The van der Waals surface area contributed by atoms with Crippen LogP contribution in [-0.2, 0) is 21.5 Å². The standard InChI is InChI=1S/C27H24ClN3O3/c28-21-14-12-20(13-15-21)24(19-8-2-1-3-9-19)29-23(32)17-31-25(33)27(30-26(31)34)16-6-10-18-7-4-5-11-22(18)27/h1-5,7-9,11-15,24H,6,10,16-17H2,(H,29,32)(H,30,34)/t24-,27-/m1/s1. The molecular formula is C27H24ClN3O3. The van der Waals surface area contributed by atoms with E-state index in [9.17, 15) is 14.4 Å². The van der Waals surface area contributed by atoms with Gasteiger partial charge in [-0.3, -0.25) is 14.5 Å². The van der Waals surface area contributed by atoms with Crippen LogP contribution in [0.25, 0.3) is 0 Å². The molecule has 1 aliphatic heterocycles. The summed E-state index contributed by atoms with van der Waals surface area (Å²) in [5.74, 6) is -0.795. The van der Waals surface area contributed by atoms with Gasteiger partial charge in [0.15, 0.2) is 0 Å². The third-order valence-corrected chi connectivity index (χ3v) is 6.85. The van der Waals surface area contributed by atoms with Gasteiger partial charge in [0.05, 0.1) is 6.04 Å². The highest BCUT2D eigenvalue weighted by molar-refractivity contribution is 6.30. The molecule has 3 aromatic carbocycles. The average Bonchev–Trinajstić information content (AvgIpc) is 3.08. The summed E-state index contributed by atoms with van der Waals surface area (Å²) in [6.07, 6.45) is 2.17. The average molecular weight is 474 g/mol. The van der Waals surface area contributed by atoms with E-state index in [1.165, 1.54) is 0 Å². The van der Waals surface area contributed by atoms with Crippen molar-refractivity contribution in [1.82, 2.24) is 15.5 Å². The Morgan fingerprint density at radius 2 is 1.65 bits per heavy atom. The van der Waals surface area contributed by atoms with Crippen molar-refractivity contribution in [3.63, 3.8) is 0 Å². The molecule has 0 radical (unpaired) electrons. The number of hydrogen-bond acceptors (Lipinski definition) is 3. The number of imide groups is 1. The second-order valence-corrected chi connectivity index (χ2v) is 9.14. The Kier molecular flexibility index (Phi) is 5.84. The number of benzene rings is 3. The smallest absolute Gasteiger partial charge is 0.325 e. The molecule has 4 amide bonds. The summed E-state index contributed by atoms with van der Waals surface area (Å²) < 4.78 is 0. The SMILES string of the molecule is O=C(CN1C(=O)N[C@@]2(CCCc3ccccc32)C1=O)N[C@H](c1ccccc1)c1ccc(Cl)cc1. The summed E-state index contributed by atoms with van der Waals surface area (Å²) in [6, 6.07) is 23.5. The van der Waals surface area contributed by atoms with E-state index in [0.29, 0.717) is 11.4 Å². The van der Waals surface area contributed by atoms with Crippen molar-refractivity contribution < 1.29 is 14.4 Å². The number of halogens is 1. The second kappa shape index (κ2) is 8.95. The van der Waals surface area contributed by atoms with Crippen LogP contribution in [0.4, 0.5) is 4.79 Å². The lowest BCUT2D eigenvalue weighted by atomic mass is 9.76. The van der Waals surface area contributed by atoms with Gasteiger partial charge in [0, 0.05) is 5.02 Å². The number of amides is 4. The largest absolute Gasteiger partial charge is 0.344 e. The lowest BCUT2D eigenvalue weighted by Gasteiger charge is -2.33. The van der Waals surface area contributed by atoms with E-state index >= 15 is 0 Å². The van der Waals surface area contributed by atoms with Gasteiger partial charge < -0.3 is 10.6 Å². The van der Waals surface area contributed by atoms with E-state index in [4.69, 9.17) is 11.6 Å². The van der Waals surface area contributed by atoms with Crippen LogP contribution in [-0.4, -0.2) is 29.3 Å². The predicted molar refractivity (Wildman–Crippen MR) is 129 cm³/mol. The molecule has 7 heteroatoms. The molecule has 1 saturated heterocycles. The van der Waals surface area contributed by atoms with Crippen LogP contribution < -0.4 is 10.6 Å². The maximum absolute atomic E-state index is 13.5. The van der Waals surface area contributed by atoms with Crippen molar-refractivity contribution in [3.8, 4) is 0 Å². The van der Waals surface area contributed by atoms with Crippen molar-refractivity contribution in [3.05, 3.63) is 106 Å². The number of urea groups is 1. The summed E-state index contributed by atoms with van der Waals surface area (Å²) >= 11 is 6.04. The first-order chi connectivity index (χ1) is 16.5. The number of fused-ring (bicyclic) bond motifs is 2. The number of nitrogens with one attached hydrogen (secondary N) is 2. The van der Waals surface area contributed by atoms with Crippen LogP contribution in [0.5, 0.6) is 0 Å². The van der Waals surface area contributed by atoms with Crippen molar-refractivity contribution in [2.24, 2.45) is 0 Å². The lowest BCUT2D eigenvalue weighted by Crippen LogP contribution is -2.47. The summed E-state index contributed by atoms with van der Waals surface area (Å²) in [6.45, 7) is -0.356. The Bertz CT molecular complexity index is 1250. The molecule has 0 saturated carbocycles. The zero-order chi connectivity index (χ0) is 23.7. The van der Waals surface area contributed by atoms with Crippen molar-refractivity contribution in [2.75, 3.05) is 6.54 Å². The maximum atomic E-state index is 13.5. The first-order valence-corrected chi connectivity index (χ1v) is 11.7. The van der Waals surface area contributed by atoms with Crippen molar-refractivity contribution in [2.45, 2.75) is 30.8 Å². The van der Waals surface area contributed by atoms with Gasteiger partial charge in [-0.05, 0) is 53.6 Å². The van der Waals surface area contributed by atoms with E-state index in [-0.39, 0.29) is 12.5 Å². The fourth-order valence-electron chi connectivity index (χ4n) is 4.97. The first kappa shape index (κ1) is 22.2. The number of carbonyl (C=O) groups excluding carboxylic acids is 3. The lowest BCUT2D eigenvalue weighted by molar-refractivity contribution is -0.135. The Morgan fingerprint density at radius 1 is 0.971 bits per heavy atom. The monoisotopic (exact) mass is 473 g/mol. The van der Waals surface area contributed by atoms with E-state index in [1.54, 1.807) is 12.1 Å². The van der Waals surface area contributed by atoms with E-state index in [0.717, 1.165) is 40.0 Å². The number of aryl methyl sites for hydroxylation is 1. The first-order valence-electron chi connectivity index (χ1n) is 11.3. The minimum Gasteiger partial charge on any atom is -0.344 e. The molecule has 0 bridgehead atoms. The van der Waals surface area contributed by atoms with Crippen LogP contribution in [0, 0.1) is 0 Å². The molecule has 5 rings (SSSR count). The maximum Gasteiger partial charge on any atom is 0.325 e. The highest BCUT2D eigenvalue weighted by Crippen LogP contribution is 2.39. The normalized spacial score (nSPS) is 20.1. The molecule has 2 N–H and O–H groups in total. The minimum atomic E-state index is -1.10. The van der Waals surface area contributed by atoms with E-state index in [1.807, 2.05) is 66.7 Å². The van der Waals surface area contributed by atoms with Crippen LogP contribution in [0.15, 0.2) is 78.9 Å². The fourth-order valence-corrected chi connectivity index (χ4v) is 5.09. The zero-order valence-electron chi connectivity index (χ0n) is 18.5. The highest BCUT2D eigenvalue weighted by Gasteiger charge is 2.54. The molecule has 0 unspecified atom stereocenters. The summed E-state index contributed by atoms with van der Waals surface area (Å²) in [5, 5.41) is 6.48. The zero-order valence-corrected chi connectivity index (χ0v) is 19.2. The molecular weight excluding hydrogens is 450 g/mol. The van der Waals surface area contributed by atoms with Gasteiger partial charge in [-0.2, -0.15) is 0 Å². The molecule has 1 heterocycles. The molecule has 1 aliphatic carbocycles. The van der Waals surface area contributed by atoms with Gasteiger partial charge in [-0.15, -0.1) is 0 Å².